The van der Waals surface area contributed by atoms with E-state index in [1.54, 1.807) is 0 Å². The van der Waals surface area contributed by atoms with Crippen molar-refractivity contribution in [2.24, 2.45) is 0 Å². The van der Waals surface area contributed by atoms with Gasteiger partial charge in [0.2, 0.25) is 0 Å². The molecule has 0 atom stereocenters. The Morgan fingerprint density at radius 1 is 0.435 bits per heavy atom. The molecule has 0 saturated carbocycles. The van der Waals surface area contributed by atoms with Crippen LogP contribution in [0.1, 0.15) is 168 Å². The Balaban J connectivity index is 0. The zero-order valence-corrected chi connectivity index (χ0v) is 47.4. The van der Waals surface area contributed by atoms with E-state index in [1.807, 2.05) is 64.8 Å². The first kappa shape index (κ1) is 62.3. The van der Waals surface area contributed by atoms with Crippen LogP contribution >= 0.6 is 0 Å². The van der Waals surface area contributed by atoms with Crippen LogP contribution in [0.25, 0.3) is 22.3 Å². The van der Waals surface area contributed by atoms with Gasteiger partial charge in [0, 0.05) is 0 Å². The van der Waals surface area contributed by atoms with Crippen LogP contribution in [0.4, 0.5) is 0 Å². The molecule has 330 valence electrons. The molecule has 0 bridgehead atoms. The van der Waals surface area contributed by atoms with Crippen molar-refractivity contribution in [3.8, 4) is 22.3 Å². The molecule has 4 heteroatoms. The van der Waals surface area contributed by atoms with Crippen LogP contribution in [0, 0.1) is 37.1 Å². The van der Waals surface area contributed by atoms with Crippen molar-refractivity contribution in [3.63, 3.8) is 0 Å². The van der Waals surface area contributed by atoms with Gasteiger partial charge in [-0.2, -0.15) is 87.4 Å². The van der Waals surface area contributed by atoms with Gasteiger partial charge in [0.25, 0.3) is 0 Å². The summed E-state index contributed by atoms with van der Waals surface area (Å²) in [5.74, 6) is 0. The van der Waals surface area contributed by atoms with Crippen LogP contribution in [0.15, 0.2) is 97.1 Å². The molecule has 0 fully saturated rings. The monoisotopic (exact) mass is 1020 g/mol. The molecule has 2 radical (unpaired) electrons. The van der Waals surface area contributed by atoms with Crippen LogP contribution in [0.2, 0.25) is 0 Å². The summed E-state index contributed by atoms with van der Waals surface area (Å²) in [4.78, 5) is 0. The quantitative estimate of drug-likeness (QED) is 0.133. The Bertz CT molecular complexity index is 1760. The van der Waals surface area contributed by atoms with E-state index in [-0.39, 0.29) is 98.9 Å². The van der Waals surface area contributed by atoms with E-state index in [9.17, 15) is 0 Å². The summed E-state index contributed by atoms with van der Waals surface area (Å²) in [6, 6.07) is 30.3. The summed E-state index contributed by atoms with van der Waals surface area (Å²) in [6.07, 6.45) is 26.1. The topological polar surface area (TPSA) is 0 Å². The third kappa shape index (κ3) is 19.0. The number of hydrogen-bond donors (Lipinski definition) is 0. The molecule has 62 heavy (non-hydrogen) atoms. The van der Waals surface area contributed by atoms with Gasteiger partial charge in [0.05, 0.1) is 0 Å². The van der Waals surface area contributed by atoms with E-state index in [2.05, 4.69) is 180 Å². The number of fused-ring (bicyclic) bond motifs is 6. The van der Waals surface area contributed by atoms with Crippen LogP contribution in [-0.2, 0) is 86.9 Å². The third-order valence-electron chi connectivity index (χ3n) is 10.1. The molecule has 4 aliphatic carbocycles. The van der Waals surface area contributed by atoms with E-state index >= 15 is 0 Å². The first-order valence-electron chi connectivity index (χ1n) is 21.5. The Labute approximate surface area is 432 Å². The summed E-state index contributed by atoms with van der Waals surface area (Å²) in [5.41, 5.74) is 17.4. The zero-order chi connectivity index (χ0) is 43.3. The molecule has 0 aliphatic heterocycles. The molecule has 4 aliphatic rings. The number of allylic oxidation sites excluding steroid dienone is 8. The molecule has 0 saturated heterocycles. The van der Waals surface area contributed by atoms with Crippen molar-refractivity contribution in [1.82, 2.24) is 0 Å². The molecule has 0 nitrogen and oxygen atoms in total. The van der Waals surface area contributed by atoms with Gasteiger partial charge in [0.1, 0.15) is 0 Å². The van der Waals surface area contributed by atoms with Gasteiger partial charge in [0.15, 0.2) is 0 Å². The Morgan fingerprint density at radius 3 is 0.968 bits per heavy atom. The summed E-state index contributed by atoms with van der Waals surface area (Å²) >= 11 is 0. The maximum absolute atomic E-state index is 3.67. The van der Waals surface area contributed by atoms with Gasteiger partial charge < -0.3 is 37.7 Å². The van der Waals surface area contributed by atoms with Gasteiger partial charge in [-0.25, -0.2) is 24.3 Å². The summed E-state index contributed by atoms with van der Waals surface area (Å²) in [5, 5.41) is 0. The second-order valence-electron chi connectivity index (χ2n) is 19.8. The van der Waals surface area contributed by atoms with Gasteiger partial charge in [-0.1, -0.05) is 131 Å². The Morgan fingerprint density at radius 2 is 0.742 bits per heavy atom. The van der Waals surface area contributed by atoms with Crippen LogP contribution in [-0.4, -0.2) is 0 Å². The summed E-state index contributed by atoms with van der Waals surface area (Å²) in [6.45, 7) is 35.2. The molecular weight excluding hydrogens is 950 g/mol. The van der Waals surface area contributed by atoms with Crippen molar-refractivity contribution in [2.75, 3.05) is 0 Å². The minimum absolute atomic E-state index is 0. The molecule has 8 rings (SSSR count). The normalized spacial score (nSPS) is 12.9. The first-order chi connectivity index (χ1) is 27.1. The van der Waals surface area contributed by atoms with Crippen molar-refractivity contribution >= 4 is 0 Å². The molecule has 0 aromatic heterocycles. The SMILES string of the molecule is CC(C)(C)c1[c-]c2c(cc1)-c1ccc(C(C)(C)C)cc1C2.CC(C)(C)c1[c-]c2c(cc1)-c1ccc(C(C)(C)C)cc1C2.C[CH-]C.C[CH-]C.[C-]1=CC=CC1.[C-]1=CC=CC1.[Cl-].[Cl-].[Zr+3].[Zr+3]. The zero-order valence-electron chi connectivity index (χ0n) is 41.0. The molecule has 0 unspecified atom stereocenters. The fraction of sp³-hybridized carbons (Fsp3) is 0.414. The van der Waals surface area contributed by atoms with Gasteiger partial charge in [-0.15, -0.1) is 35.1 Å². The fourth-order valence-corrected chi connectivity index (χ4v) is 6.74. The van der Waals surface area contributed by atoms with E-state index in [1.165, 1.54) is 66.8 Å². The fourth-order valence-electron chi connectivity index (χ4n) is 6.74. The predicted molar refractivity (Wildman–Crippen MR) is 256 cm³/mol. The number of hydrogen-bond acceptors (Lipinski definition) is 0. The van der Waals surface area contributed by atoms with E-state index < -0.39 is 0 Å². The van der Waals surface area contributed by atoms with Crippen molar-refractivity contribution in [1.29, 1.82) is 0 Å². The van der Waals surface area contributed by atoms with Crippen molar-refractivity contribution in [2.45, 2.75) is 158 Å². The maximum atomic E-state index is 3.67. The molecule has 4 aromatic rings. The number of rotatable bonds is 0. The first-order valence-corrected chi connectivity index (χ1v) is 21.5. The molecule has 0 N–H and O–H groups in total. The second-order valence-corrected chi connectivity index (χ2v) is 19.8. The number of halogens is 2. The van der Waals surface area contributed by atoms with E-state index in [0.717, 1.165) is 25.7 Å². The molecule has 0 heterocycles. The Kier molecular flexibility index (Phi) is 28.4. The molecular formula is C58H74Cl2Zr2-2. The Hall–Kier alpha value is -1.81. The standard InChI is InChI=1S/2C21H25.2C5H5.2C3H7.2ClH.2Zr/c2*1-20(2,3)16-7-9-18-14(12-16)11-15-13-17(21(4,5)6)8-10-19(15)18;2*1-2-4-5-3-1;2*1-3-2;;;;/h2*7-10,12H,11H2,1-6H3;2*1-3H,4H2;2*3H,1-2H3;2*1H;;/q6*-1;;;2*+3/p-2. The van der Waals surface area contributed by atoms with Crippen molar-refractivity contribution < 1.29 is 77.2 Å². The minimum atomic E-state index is 0. The minimum Gasteiger partial charge on any atom is -1.00 e. The molecule has 0 spiro atoms. The third-order valence-corrected chi connectivity index (χ3v) is 10.1. The second kappa shape index (κ2) is 28.3. The van der Waals surface area contributed by atoms with E-state index in [4.69, 9.17) is 0 Å². The molecule has 0 amide bonds. The predicted octanol–water partition coefficient (Wildman–Crippen LogP) is 10.4. The largest absolute Gasteiger partial charge is 3.00 e. The summed E-state index contributed by atoms with van der Waals surface area (Å²) < 4.78 is 0. The average Bonchev–Trinajstić information content (AvgIpc) is 3.98. The molecule has 4 aromatic carbocycles. The summed E-state index contributed by atoms with van der Waals surface area (Å²) in [7, 11) is 0. The van der Waals surface area contributed by atoms with Crippen LogP contribution in [0.3, 0.4) is 0 Å². The van der Waals surface area contributed by atoms with Gasteiger partial charge in [-0.3, -0.25) is 12.2 Å². The van der Waals surface area contributed by atoms with Crippen LogP contribution in [0.5, 0.6) is 0 Å². The smallest absolute Gasteiger partial charge is 1.00 e. The van der Waals surface area contributed by atoms with Crippen LogP contribution < -0.4 is 24.8 Å². The van der Waals surface area contributed by atoms with Gasteiger partial charge >= 0.3 is 52.4 Å². The number of benzene rings is 4. The van der Waals surface area contributed by atoms with Crippen molar-refractivity contribution in [3.05, 3.63) is 179 Å². The maximum Gasteiger partial charge on any atom is 3.00 e. The van der Waals surface area contributed by atoms with E-state index in [0.29, 0.717) is 0 Å². The van der Waals surface area contributed by atoms with Gasteiger partial charge in [-0.05, 0) is 56.8 Å². The average molecular weight is 1020 g/mol.